The van der Waals surface area contributed by atoms with Crippen LogP contribution in [-0.4, -0.2) is 0 Å². The highest BCUT2D eigenvalue weighted by molar-refractivity contribution is 6.15. The van der Waals surface area contributed by atoms with Crippen molar-refractivity contribution in [3.05, 3.63) is 83.9 Å². The number of benzene rings is 4. The highest BCUT2D eigenvalue weighted by Crippen LogP contribution is 2.37. The van der Waals surface area contributed by atoms with Gasteiger partial charge in [-0.05, 0) is 69.5 Å². The van der Waals surface area contributed by atoms with Gasteiger partial charge in [0.1, 0.15) is 0 Å². The number of rotatable bonds is 1. The lowest BCUT2D eigenvalue weighted by Crippen LogP contribution is -2.03. The lowest BCUT2D eigenvalue weighted by Gasteiger charge is -2.19. The van der Waals surface area contributed by atoms with E-state index >= 15 is 0 Å². The Balaban J connectivity index is 1.90. The Morgan fingerprint density at radius 2 is 1.42 bits per heavy atom. The zero-order chi connectivity index (χ0) is 15.9. The van der Waals surface area contributed by atoms with Crippen molar-refractivity contribution in [2.75, 3.05) is 0 Å². The molecular weight excluding hydrogens is 288 g/mol. The molecule has 0 fully saturated rings. The van der Waals surface area contributed by atoms with Gasteiger partial charge in [0, 0.05) is 0 Å². The van der Waals surface area contributed by atoms with E-state index in [1.807, 2.05) is 0 Å². The maximum atomic E-state index is 2.37. The summed E-state index contributed by atoms with van der Waals surface area (Å²) in [5.41, 5.74) is 5.79. The molecule has 0 radical (unpaired) electrons. The molecule has 0 amide bonds. The first kappa shape index (κ1) is 13.8. The van der Waals surface area contributed by atoms with Crippen LogP contribution >= 0.6 is 0 Å². The van der Waals surface area contributed by atoms with E-state index < -0.39 is 0 Å². The van der Waals surface area contributed by atoms with Crippen LogP contribution in [-0.2, 0) is 12.8 Å². The zero-order valence-electron chi connectivity index (χ0n) is 13.8. The lowest BCUT2D eigenvalue weighted by atomic mass is 9.85. The Labute approximate surface area is 142 Å². The number of hydrogen-bond acceptors (Lipinski definition) is 0. The second-order valence-corrected chi connectivity index (χ2v) is 6.84. The summed E-state index contributed by atoms with van der Waals surface area (Å²) < 4.78 is 0. The minimum atomic E-state index is 1.23. The summed E-state index contributed by atoms with van der Waals surface area (Å²) in [5.74, 6) is 0. The summed E-state index contributed by atoms with van der Waals surface area (Å²) in [4.78, 5) is 0. The summed E-state index contributed by atoms with van der Waals surface area (Å²) in [6.07, 6.45) is 5.13. The minimum Gasteiger partial charge on any atom is -0.0622 e. The second-order valence-electron chi connectivity index (χ2n) is 6.84. The van der Waals surface area contributed by atoms with Crippen LogP contribution in [0.5, 0.6) is 0 Å². The molecule has 0 nitrogen and oxygen atoms in total. The largest absolute Gasteiger partial charge is 0.0622 e. The molecule has 0 saturated heterocycles. The predicted molar refractivity (Wildman–Crippen MR) is 104 cm³/mol. The molecule has 0 heterocycles. The van der Waals surface area contributed by atoms with Crippen molar-refractivity contribution in [2.45, 2.75) is 25.7 Å². The van der Waals surface area contributed by atoms with Gasteiger partial charge in [-0.25, -0.2) is 0 Å². The zero-order valence-corrected chi connectivity index (χ0v) is 13.8. The molecule has 4 aromatic rings. The molecule has 0 unspecified atom stereocenters. The normalized spacial score (nSPS) is 14.0. The second kappa shape index (κ2) is 5.49. The van der Waals surface area contributed by atoms with Gasteiger partial charge in [-0.1, -0.05) is 72.8 Å². The third kappa shape index (κ3) is 2.06. The highest BCUT2D eigenvalue weighted by Gasteiger charge is 2.15. The van der Waals surface area contributed by atoms with Gasteiger partial charge < -0.3 is 0 Å². The van der Waals surface area contributed by atoms with Gasteiger partial charge >= 0.3 is 0 Å². The molecule has 1 aliphatic carbocycles. The maximum Gasteiger partial charge on any atom is -0.00267 e. The molecule has 5 rings (SSSR count). The fourth-order valence-corrected chi connectivity index (χ4v) is 4.31. The van der Waals surface area contributed by atoms with Crippen molar-refractivity contribution >= 4 is 21.5 Å². The Morgan fingerprint density at radius 3 is 2.33 bits per heavy atom. The third-order valence-corrected chi connectivity index (χ3v) is 5.46. The van der Waals surface area contributed by atoms with E-state index in [0.717, 1.165) is 0 Å². The van der Waals surface area contributed by atoms with Crippen molar-refractivity contribution in [1.82, 2.24) is 0 Å². The van der Waals surface area contributed by atoms with Crippen LogP contribution in [0.1, 0.15) is 24.0 Å². The number of fused-ring (bicyclic) bond motifs is 5. The molecule has 0 bridgehead atoms. The first-order chi connectivity index (χ1) is 11.9. The summed E-state index contributed by atoms with van der Waals surface area (Å²) in [5, 5.41) is 5.60. The van der Waals surface area contributed by atoms with Crippen LogP contribution in [0.15, 0.2) is 72.8 Å². The van der Waals surface area contributed by atoms with Gasteiger partial charge in [-0.15, -0.1) is 0 Å². The van der Waals surface area contributed by atoms with E-state index in [2.05, 4.69) is 72.8 Å². The molecule has 1 aliphatic rings. The molecule has 0 spiro atoms. The topological polar surface area (TPSA) is 0 Å². The molecule has 0 aliphatic heterocycles. The first-order valence-electron chi connectivity index (χ1n) is 8.93. The van der Waals surface area contributed by atoms with Crippen LogP contribution in [0.2, 0.25) is 0 Å². The number of aryl methyl sites for hydroxylation is 2. The van der Waals surface area contributed by atoms with Crippen LogP contribution in [0.25, 0.3) is 32.7 Å². The Hall–Kier alpha value is -2.60. The van der Waals surface area contributed by atoms with Crippen molar-refractivity contribution in [3.63, 3.8) is 0 Å². The SMILES string of the molecule is c1ccc(-c2cccc3ccc4c5c(ccc4c23)CCCC5)cc1. The predicted octanol–water partition coefficient (Wildman–Crippen LogP) is 6.54. The molecule has 116 valence electrons. The summed E-state index contributed by atoms with van der Waals surface area (Å²) in [6.45, 7) is 0. The molecule has 4 aromatic carbocycles. The monoisotopic (exact) mass is 308 g/mol. The third-order valence-electron chi connectivity index (χ3n) is 5.46. The van der Waals surface area contributed by atoms with Gasteiger partial charge in [0.15, 0.2) is 0 Å². The van der Waals surface area contributed by atoms with Crippen molar-refractivity contribution in [3.8, 4) is 11.1 Å². The van der Waals surface area contributed by atoms with Crippen LogP contribution in [0.3, 0.4) is 0 Å². The van der Waals surface area contributed by atoms with Gasteiger partial charge in [-0.2, -0.15) is 0 Å². The quantitative estimate of drug-likeness (QED) is 0.350. The minimum absolute atomic E-state index is 1.23. The van der Waals surface area contributed by atoms with Gasteiger partial charge in [0.25, 0.3) is 0 Å². The fourth-order valence-electron chi connectivity index (χ4n) is 4.31. The lowest BCUT2D eigenvalue weighted by molar-refractivity contribution is 0.690. The Morgan fingerprint density at radius 1 is 0.583 bits per heavy atom. The van der Waals surface area contributed by atoms with Gasteiger partial charge in [-0.3, -0.25) is 0 Å². The first-order valence-corrected chi connectivity index (χ1v) is 8.93. The van der Waals surface area contributed by atoms with Gasteiger partial charge in [0.2, 0.25) is 0 Å². The van der Waals surface area contributed by atoms with Crippen molar-refractivity contribution < 1.29 is 0 Å². The molecule has 0 saturated carbocycles. The van der Waals surface area contributed by atoms with E-state index in [4.69, 9.17) is 0 Å². The molecular formula is C24H20. The molecule has 0 atom stereocenters. The fraction of sp³-hybridized carbons (Fsp3) is 0.167. The van der Waals surface area contributed by atoms with E-state index in [1.165, 1.54) is 58.4 Å². The van der Waals surface area contributed by atoms with E-state index in [1.54, 1.807) is 11.1 Å². The molecule has 24 heavy (non-hydrogen) atoms. The summed E-state index contributed by atoms with van der Waals surface area (Å²) in [7, 11) is 0. The smallest absolute Gasteiger partial charge is 0.00267 e. The maximum absolute atomic E-state index is 2.37. The van der Waals surface area contributed by atoms with E-state index in [-0.39, 0.29) is 0 Å². The van der Waals surface area contributed by atoms with E-state index in [9.17, 15) is 0 Å². The van der Waals surface area contributed by atoms with Crippen LogP contribution < -0.4 is 0 Å². The molecule has 0 N–H and O–H groups in total. The van der Waals surface area contributed by atoms with Crippen molar-refractivity contribution in [2.24, 2.45) is 0 Å². The standard InChI is InChI=1S/C24H20/c1-2-7-17(8-3-1)21-12-6-10-19-14-15-22-20-11-5-4-9-18(20)13-16-23(22)24(19)21/h1-3,6-8,10,12-16H,4-5,9,11H2. The summed E-state index contributed by atoms with van der Waals surface area (Å²) >= 11 is 0. The Bertz CT molecular complexity index is 1040. The number of hydrogen-bond donors (Lipinski definition) is 0. The molecule has 0 heteroatoms. The van der Waals surface area contributed by atoms with Crippen molar-refractivity contribution in [1.29, 1.82) is 0 Å². The van der Waals surface area contributed by atoms with Gasteiger partial charge in [0.05, 0.1) is 0 Å². The highest BCUT2D eigenvalue weighted by atomic mass is 14.2. The molecule has 0 aromatic heterocycles. The van der Waals surface area contributed by atoms with Crippen LogP contribution in [0, 0.1) is 0 Å². The van der Waals surface area contributed by atoms with Crippen LogP contribution in [0.4, 0.5) is 0 Å². The average Bonchev–Trinajstić information content (AvgIpc) is 2.67. The average molecular weight is 308 g/mol. The Kier molecular flexibility index (Phi) is 3.16. The summed E-state index contributed by atoms with van der Waals surface area (Å²) in [6, 6.07) is 26.8. The van der Waals surface area contributed by atoms with E-state index in [0.29, 0.717) is 0 Å².